The van der Waals surface area contributed by atoms with Gasteiger partial charge in [-0.15, -0.1) is 0 Å². The summed E-state index contributed by atoms with van der Waals surface area (Å²) in [6.07, 6.45) is 1.46. The lowest BCUT2D eigenvalue weighted by Gasteiger charge is -2.31. The number of hydrogen-bond acceptors (Lipinski definition) is 5. The van der Waals surface area contributed by atoms with Crippen molar-refractivity contribution in [2.75, 3.05) is 33.8 Å². The van der Waals surface area contributed by atoms with Crippen LogP contribution < -0.4 is 14.8 Å². The molecule has 0 aliphatic carbocycles. The van der Waals surface area contributed by atoms with Crippen molar-refractivity contribution in [1.29, 1.82) is 0 Å². The molecule has 0 radical (unpaired) electrons. The Kier molecular flexibility index (Phi) is 10.5. The summed E-state index contributed by atoms with van der Waals surface area (Å²) in [5, 5.41) is 2.75. The van der Waals surface area contributed by atoms with Gasteiger partial charge in [-0.05, 0) is 81.1 Å². The van der Waals surface area contributed by atoms with Crippen molar-refractivity contribution in [3.63, 3.8) is 0 Å². The quantitative estimate of drug-likeness (QED) is 0.612. The normalized spacial score (nSPS) is 14.9. The van der Waals surface area contributed by atoms with Crippen LogP contribution in [0.3, 0.4) is 0 Å². The summed E-state index contributed by atoms with van der Waals surface area (Å²) in [5.41, 5.74) is 4.70. The predicted octanol–water partition coefficient (Wildman–Crippen LogP) is 4.09. The van der Waals surface area contributed by atoms with Crippen molar-refractivity contribution in [3.05, 3.63) is 53.6 Å². The molecule has 0 aromatic heterocycles. The highest BCUT2D eigenvalue weighted by Gasteiger charge is 2.30. The van der Waals surface area contributed by atoms with Gasteiger partial charge in [-0.1, -0.05) is 44.2 Å². The fourth-order valence-electron chi connectivity index (χ4n) is 3.92. The lowest BCUT2D eigenvalue weighted by atomic mass is 9.87. The standard InChI is InChI=1S/C24H32N2O4S.C2H7N/c1-5-30-22-8-6-7-21(16-22)23-10-9-20(15-18(23)4)19-11-13-26(14-12-19)31(28,29)25-24(27)17(2)3;1-3-2/h6-10,15-17,19H,5,11-14H2,1-4H3,(H,25,27);3H,1-2H3. The van der Waals surface area contributed by atoms with Crippen LogP contribution in [0, 0.1) is 12.8 Å². The number of nitrogens with zero attached hydrogens (tertiary/aromatic N) is 1. The number of carbonyl (C=O) groups excluding carboxylic acids is 1. The van der Waals surface area contributed by atoms with E-state index in [1.54, 1.807) is 13.8 Å². The number of rotatable bonds is 7. The molecule has 3 rings (SSSR count). The molecule has 2 aromatic carbocycles. The fraction of sp³-hybridized carbons (Fsp3) is 0.500. The smallest absolute Gasteiger partial charge is 0.303 e. The molecular weight excluding hydrogens is 450 g/mol. The Balaban J connectivity index is 0.00000129. The highest BCUT2D eigenvalue weighted by molar-refractivity contribution is 7.87. The van der Waals surface area contributed by atoms with E-state index in [-0.39, 0.29) is 5.92 Å². The first-order valence-corrected chi connectivity index (χ1v) is 13.3. The summed E-state index contributed by atoms with van der Waals surface area (Å²) in [6.45, 7) is 8.88. The van der Waals surface area contributed by atoms with Crippen molar-refractivity contribution in [3.8, 4) is 16.9 Å². The van der Waals surface area contributed by atoms with E-state index >= 15 is 0 Å². The largest absolute Gasteiger partial charge is 0.494 e. The van der Waals surface area contributed by atoms with Crippen molar-refractivity contribution in [2.45, 2.75) is 46.5 Å². The van der Waals surface area contributed by atoms with Gasteiger partial charge in [0, 0.05) is 19.0 Å². The number of hydrogen-bond donors (Lipinski definition) is 2. The summed E-state index contributed by atoms with van der Waals surface area (Å²) in [4.78, 5) is 11.8. The number of amides is 1. The van der Waals surface area contributed by atoms with E-state index in [1.807, 2.05) is 33.2 Å². The van der Waals surface area contributed by atoms with Crippen LogP contribution in [-0.4, -0.2) is 52.4 Å². The molecule has 1 aliphatic rings. The maximum Gasteiger partial charge on any atom is 0.303 e. The molecule has 0 atom stereocenters. The minimum Gasteiger partial charge on any atom is -0.494 e. The summed E-state index contributed by atoms with van der Waals surface area (Å²) in [6, 6.07) is 14.6. The third-order valence-corrected chi connectivity index (χ3v) is 7.23. The summed E-state index contributed by atoms with van der Waals surface area (Å²) in [5.74, 6) is 0.321. The molecule has 1 fully saturated rings. The van der Waals surface area contributed by atoms with Crippen molar-refractivity contribution in [2.24, 2.45) is 5.92 Å². The second-order valence-corrected chi connectivity index (χ2v) is 10.5. The van der Waals surface area contributed by atoms with E-state index in [0.717, 1.165) is 24.2 Å². The molecule has 1 aliphatic heterocycles. The monoisotopic (exact) mass is 489 g/mol. The van der Waals surface area contributed by atoms with Gasteiger partial charge in [-0.2, -0.15) is 12.7 Å². The summed E-state index contributed by atoms with van der Waals surface area (Å²) in [7, 11) is -0.0211. The molecule has 0 unspecified atom stereocenters. The molecule has 7 nitrogen and oxygen atoms in total. The Hall–Kier alpha value is -2.42. The summed E-state index contributed by atoms with van der Waals surface area (Å²) < 4.78 is 34.1. The second kappa shape index (κ2) is 12.9. The Morgan fingerprint density at radius 1 is 1.12 bits per heavy atom. The molecule has 2 aromatic rings. The van der Waals surface area contributed by atoms with Crippen LogP contribution in [0.5, 0.6) is 5.75 Å². The first-order chi connectivity index (χ1) is 16.1. The zero-order valence-electron chi connectivity index (χ0n) is 21.2. The van der Waals surface area contributed by atoms with E-state index in [1.165, 1.54) is 21.0 Å². The first kappa shape index (κ1) is 27.8. The van der Waals surface area contributed by atoms with Gasteiger partial charge in [0.2, 0.25) is 5.91 Å². The number of carbonyl (C=O) groups is 1. The molecule has 8 heteroatoms. The molecule has 0 spiro atoms. The molecule has 34 heavy (non-hydrogen) atoms. The third kappa shape index (κ3) is 7.55. The van der Waals surface area contributed by atoms with Crippen molar-refractivity contribution < 1.29 is 17.9 Å². The Bertz CT molecular complexity index is 1050. The van der Waals surface area contributed by atoms with Gasteiger partial charge in [0.25, 0.3) is 0 Å². The van der Waals surface area contributed by atoms with E-state index in [0.29, 0.717) is 25.6 Å². The maximum absolute atomic E-state index is 12.5. The number of benzene rings is 2. The number of ether oxygens (including phenoxy) is 1. The zero-order chi connectivity index (χ0) is 25.3. The Morgan fingerprint density at radius 2 is 1.76 bits per heavy atom. The fourth-order valence-corrected chi connectivity index (χ4v) is 5.23. The minimum absolute atomic E-state index is 0.301. The lowest BCUT2D eigenvalue weighted by molar-refractivity contribution is -0.122. The van der Waals surface area contributed by atoms with E-state index in [9.17, 15) is 13.2 Å². The molecule has 0 saturated carbocycles. The molecular formula is C26H39N3O4S. The SMILES string of the molecule is CCOc1cccc(-c2ccc(C3CCN(S(=O)(=O)NC(=O)C(C)C)CC3)cc2C)c1.CNC. The Labute approximate surface area is 205 Å². The van der Waals surface area contributed by atoms with Gasteiger partial charge in [-0.25, -0.2) is 4.72 Å². The molecule has 2 N–H and O–H groups in total. The predicted molar refractivity (Wildman–Crippen MR) is 138 cm³/mol. The van der Waals surface area contributed by atoms with Crippen LogP contribution in [-0.2, 0) is 15.0 Å². The number of nitrogens with one attached hydrogen (secondary N) is 2. The van der Waals surface area contributed by atoms with Gasteiger partial charge in [0.1, 0.15) is 5.75 Å². The Morgan fingerprint density at radius 3 is 2.32 bits per heavy atom. The minimum atomic E-state index is -3.77. The van der Waals surface area contributed by atoms with Crippen LogP contribution in [0.2, 0.25) is 0 Å². The first-order valence-electron chi connectivity index (χ1n) is 11.9. The second-order valence-electron chi connectivity index (χ2n) is 8.83. The van der Waals surface area contributed by atoms with Gasteiger partial charge >= 0.3 is 10.2 Å². The van der Waals surface area contributed by atoms with E-state index < -0.39 is 16.1 Å². The third-order valence-electron chi connectivity index (χ3n) is 5.73. The zero-order valence-corrected chi connectivity index (χ0v) is 22.0. The van der Waals surface area contributed by atoms with Gasteiger partial charge in [0.15, 0.2) is 0 Å². The topological polar surface area (TPSA) is 87.7 Å². The van der Waals surface area contributed by atoms with Gasteiger partial charge in [-0.3, -0.25) is 4.79 Å². The van der Waals surface area contributed by atoms with Crippen LogP contribution >= 0.6 is 0 Å². The number of aryl methyl sites for hydroxylation is 1. The highest BCUT2D eigenvalue weighted by Crippen LogP contribution is 2.33. The molecule has 1 amide bonds. The average Bonchev–Trinajstić information content (AvgIpc) is 2.80. The van der Waals surface area contributed by atoms with Crippen LogP contribution in [0.15, 0.2) is 42.5 Å². The van der Waals surface area contributed by atoms with Crippen molar-refractivity contribution >= 4 is 16.1 Å². The average molecular weight is 490 g/mol. The van der Waals surface area contributed by atoms with Gasteiger partial charge < -0.3 is 10.1 Å². The maximum atomic E-state index is 12.5. The van der Waals surface area contributed by atoms with Crippen LogP contribution in [0.4, 0.5) is 0 Å². The molecule has 1 heterocycles. The van der Waals surface area contributed by atoms with Crippen molar-refractivity contribution in [1.82, 2.24) is 14.3 Å². The van der Waals surface area contributed by atoms with E-state index in [4.69, 9.17) is 4.74 Å². The van der Waals surface area contributed by atoms with Crippen LogP contribution in [0.25, 0.3) is 11.1 Å². The molecule has 0 bridgehead atoms. The van der Waals surface area contributed by atoms with Gasteiger partial charge in [0.05, 0.1) is 6.61 Å². The van der Waals surface area contributed by atoms with E-state index in [2.05, 4.69) is 47.3 Å². The number of piperidine rings is 1. The molecule has 188 valence electrons. The highest BCUT2D eigenvalue weighted by atomic mass is 32.2. The lowest BCUT2D eigenvalue weighted by Crippen LogP contribution is -2.47. The summed E-state index contributed by atoms with van der Waals surface area (Å²) >= 11 is 0. The van der Waals surface area contributed by atoms with Crippen LogP contribution in [0.1, 0.15) is 50.7 Å². The molecule has 1 saturated heterocycles.